The third-order valence-corrected chi connectivity index (χ3v) is 4.34. The van der Waals surface area contributed by atoms with Crippen LogP contribution in [0.2, 0.25) is 0 Å². The second-order valence-corrected chi connectivity index (χ2v) is 6.57. The third-order valence-electron chi connectivity index (χ3n) is 4.34. The predicted molar refractivity (Wildman–Crippen MR) is 101 cm³/mol. The number of aromatic nitrogens is 2. The van der Waals surface area contributed by atoms with E-state index in [1.54, 1.807) is 13.4 Å². The lowest BCUT2D eigenvalue weighted by Gasteiger charge is -2.35. The number of carbonyl (C=O) groups is 1. The van der Waals surface area contributed by atoms with Crippen LogP contribution in [-0.2, 0) is 0 Å². The fraction of sp³-hybridized carbons (Fsp3) is 0.421. The minimum Gasteiger partial charge on any atom is -0.497 e. The number of nitrogens with zero attached hydrogens (tertiary/aromatic N) is 4. The van der Waals surface area contributed by atoms with Crippen molar-refractivity contribution in [2.24, 2.45) is 0 Å². The first-order chi connectivity index (χ1) is 12.6. The first-order valence-electron chi connectivity index (χ1n) is 8.83. The first-order valence-corrected chi connectivity index (χ1v) is 8.83. The minimum atomic E-state index is 0.00117. The van der Waals surface area contributed by atoms with Crippen LogP contribution in [0.15, 0.2) is 36.7 Å². The molecule has 0 spiro atoms. The van der Waals surface area contributed by atoms with Crippen LogP contribution >= 0.6 is 0 Å². The summed E-state index contributed by atoms with van der Waals surface area (Å²) in [6.45, 7) is 6.81. The van der Waals surface area contributed by atoms with Crippen LogP contribution in [0.5, 0.6) is 5.75 Å². The number of amides is 2. The molecular formula is C19H25N5O2. The Bertz CT molecular complexity index is 740. The van der Waals surface area contributed by atoms with Gasteiger partial charge >= 0.3 is 6.03 Å². The molecule has 0 unspecified atom stereocenters. The fourth-order valence-electron chi connectivity index (χ4n) is 2.92. The molecular weight excluding hydrogens is 330 g/mol. The molecule has 2 aromatic rings. The van der Waals surface area contributed by atoms with Crippen molar-refractivity contribution >= 4 is 11.8 Å². The number of carbonyl (C=O) groups excluding carboxylic acids is 1. The number of benzene rings is 1. The van der Waals surface area contributed by atoms with Crippen LogP contribution < -0.4 is 15.0 Å². The largest absolute Gasteiger partial charge is 0.497 e. The number of rotatable bonds is 4. The van der Waals surface area contributed by atoms with E-state index >= 15 is 0 Å². The lowest BCUT2D eigenvalue weighted by molar-refractivity contribution is 0.191. The van der Waals surface area contributed by atoms with Crippen LogP contribution in [0.1, 0.15) is 13.8 Å². The Labute approximate surface area is 154 Å². The number of piperazine rings is 1. The molecule has 0 bridgehead atoms. The highest BCUT2D eigenvalue weighted by Crippen LogP contribution is 2.23. The molecule has 1 aromatic carbocycles. The van der Waals surface area contributed by atoms with Crippen molar-refractivity contribution in [2.45, 2.75) is 19.9 Å². The average molecular weight is 355 g/mol. The normalized spacial score (nSPS) is 14.5. The molecule has 0 atom stereocenters. The maximum Gasteiger partial charge on any atom is 0.317 e. The maximum atomic E-state index is 12.1. The van der Waals surface area contributed by atoms with Gasteiger partial charge in [-0.25, -0.2) is 14.8 Å². The average Bonchev–Trinajstić information content (AvgIpc) is 2.68. The number of hydrogen-bond acceptors (Lipinski definition) is 5. The Morgan fingerprint density at radius 3 is 2.42 bits per heavy atom. The zero-order valence-corrected chi connectivity index (χ0v) is 15.5. The molecule has 1 aliphatic rings. The molecule has 0 saturated carbocycles. The second kappa shape index (κ2) is 8.03. The van der Waals surface area contributed by atoms with E-state index < -0.39 is 0 Å². The van der Waals surface area contributed by atoms with Gasteiger partial charge in [0.2, 0.25) is 0 Å². The molecule has 7 nitrogen and oxygen atoms in total. The molecule has 1 aromatic heterocycles. The van der Waals surface area contributed by atoms with Gasteiger partial charge in [-0.3, -0.25) is 0 Å². The van der Waals surface area contributed by atoms with Crippen molar-refractivity contribution in [3.05, 3.63) is 36.7 Å². The summed E-state index contributed by atoms with van der Waals surface area (Å²) in [6.07, 6.45) is 1.59. The van der Waals surface area contributed by atoms with Crippen LogP contribution in [0.25, 0.3) is 11.3 Å². The summed E-state index contributed by atoms with van der Waals surface area (Å²) in [7, 11) is 1.65. The Hall–Kier alpha value is -2.83. The molecule has 1 aliphatic heterocycles. The number of anilines is 1. The van der Waals surface area contributed by atoms with Crippen molar-refractivity contribution in [2.75, 3.05) is 38.2 Å². The van der Waals surface area contributed by atoms with Gasteiger partial charge < -0.3 is 19.9 Å². The third kappa shape index (κ3) is 4.22. The Kier molecular flexibility index (Phi) is 5.55. The monoisotopic (exact) mass is 355 g/mol. The molecule has 1 saturated heterocycles. The Morgan fingerprint density at radius 1 is 1.12 bits per heavy atom. The van der Waals surface area contributed by atoms with Crippen molar-refractivity contribution in [3.8, 4) is 17.0 Å². The molecule has 0 radical (unpaired) electrons. The van der Waals surface area contributed by atoms with E-state index in [1.165, 1.54) is 0 Å². The molecule has 138 valence electrons. The molecule has 2 heterocycles. The minimum absolute atomic E-state index is 0.00117. The van der Waals surface area contributed by atoms with E-state index in [4.69, 9.17) is 4.74 Å². The van der Waals surface area contributed by atoms with Gasteiger partial charge in [-0.15, -0.1) is 0 Å². The van der Waals surface area contributed by atoms with Crippen molar-refractivity contribution in [1.29, 1.82) is 0 Å². The van der Waals surface area contributed by atoms with E-state index in [-0.39, 0.29) is 12.1 Å². The standard InChI is InChI=1S/C19H25N5O2/c1-14(2)22-19(25)24-10-8-23(9-11-24)18-12-17(20-13-21-18)15-4-6-16(26-3)7-5-15/h4-7,12-14H,8-11H2,1-3H3,(H,22,25). The van der Waals surface area contributed by atoms with Gasteiger partial charge in [0.15, 0.2) is 0 Å². The van der Waals surface area contributed by atoms with Gasteiger partial charge in [-0.1, -0.05) is 0 Å². The van der Waals surface area contributed by atoms with Crippen molar-refractivity contribution in [3.63, 3.8) is 0 Å². The molecule has 0 aliphatic carbocycles. The number of urea groups is 1. The lowest BCUT2D eigenvalue weighted by Crippen LogP contribution is -2.53. The summed E-state index contributed by atoms with van der Waals surface area (Å²) in [5.41, 5.74) is 1.89. The highest BCUT2D eigenvalue weighted by atomic mass is 16.5. The lowest BCUT2D eigenvalue weighted by atomic mass is 10.1. The molecule has 2 amide bonds. The summed E-state index contributed by atoms with van der Waals surface area (Å²) in [6, 6.07) is 9.95. The van der Waals surface area contributed by atoms with E-state index in [2.05, 4.69) is 20.2 Å². The first kappa shape index (κ1) is 18.0. The SMILES string of the molecule is COc1ccc(-c2cc(N3CCN(C(=O)NC(C)C)CC3)ncn2)cc1. The van der Waals surface area contributed by atoms with E-state index in [0.717, 1.165) is 35.9 Å². The quantitative estimate of drug-likeness (QED) is 0.912. The summed E-state index contributed by atoms with van der Waals surface area (Å²) in [5.74, 6) is 1.70. The molecule has 7 heteroatoms. The number of nitrogens with one attached hydrogen (secondary N) is 1. The summed E-state index contributed by atoms with van der Waals surface area (Å²) < 4.78 is 5.20. The topological polar surface area (TPSA) is 70.6 Å². The maximum absolute atomic E-state index is 12.1. The Morgan fingerprint density at radius 2 is 1.81 bits per heavy atom. The van der Waals surface area contributed by atoms with Crippen LogP contribution in [0, 0.1) is 0 Å². The van der Waals surface area contributed by atoms with Crippen molar-refractivity contribution < 1.29 is 9.53 Å². The molecule has 1 fully saturated rings. The van der Waals surface area contributed by atoms with Crippen LogP contribution in [0.4, 0.5) is 10.6 Å². The van der Waals surface area contributed by atoms with Gasteiger partial charge in [0, 0.05) is 43.9 Å². The number of methoxy groups -OCH3 is 1. The van der Waals surface area contributed by atoms with E-state index in [9.17, 15) is 4.79 Å². The molecule has 3 rings (SSSR count). The smallest absolute Gasteiger partial charge is 0.317 e. The van der Waals surface area contributed by atoms with Gasteiger partial charge in [0.25, 0.3) is 0 Å². The van der Waals surface area contributed by atoms with Gasteiger partial charge in [-0.2, -0.15) is 0 Å². The summed E-state index contributed by atoms with van der Waals surface area (Å²) >= 11 is 0. The van der Waals surface area contributed by atoms with Crippen LogP contribution in [0.3, 0.4) is 0 Å². The van der Waals surface area contributed by atoms with E-state index in [0.29, 0.717) is 13.1 Å². The van der Waals surface area contributed by atoms with Crippen molar-refractivity contribution in [1.82, 2.24) is 20.2 Å². The zero-order valence-electron chi connectivity index (χ0n) is 15.5. The van der Waals surface area contributed by atoms with Gasteiger partial charge in [0.1, 0.15) is 17.9 Å². The summed E-state index contributed by atoms with van der Waals surface area (Å²) in [4.78, 5) is 24.9. The summed E-state index contributed by atoms with van der Waals surface area (Å²) in [5, 5.41) is 2.94. The molecule has 1 N–H and O–H groups in total. The predicted octanol–water partition coefficient (Wildman–Crippen LogP) is 2.39. The fourth-order valence-corrected chi connectivity index (χ4v) is 2.92. The number of ether oxygens (including phenoxy) is 1. The van der Waals surface area contributed by atoms with E-state index in [1.807, 2.05) is 49.1 Å². The zero-order chi connectivity index (χ0) is 18.5. The van der Waals surface area contributed by atoms with Gasteiger partial charge in [-0.05, 0) is 38.1 Å². The van der Waals surface area contributed by atoms with Gasteiger partial charge in [0.05, 0.1) is 12.8 Å². The highest BCUT2D eigenvalue weighted by molar-refractivity contribution is 5.74. The second-order valence-electron chi connectivity index (χ2n) is 6.57. The highest BCUT2D eigenvalue weighted by Gasteiger charge is 2.22. The van der Waals surface area contributed by atoms with Crippen LogP contribution in [-0.4, -0.2) is 60.2 Å². The molecule has 26 heavy (non-hydrogen) atoms. The number of hydrogen-bond donors (Lipinski definition) is 1. The Balaban J connectivity index is 1.66.